The van der Waals surface area contributed by atoms with E-state index in [9.17, 15) is 13.8 Å². The first kappa shape index (κ1) is 32.8. The maximum atomic E-state index is 14.0. The molecule has 1 N–H and O–H groups in total. The van der Waals surface area contributed by atoms with Crippen molar-refractivity contribution in [3.8, 4) is 5.75 Å². The smallest absolute Gasteiger partial charge is 0.329 e. The molecule has 11 heteroatoms. The average molecular weight is 669 g/mol. The molecule has 0 saturated heterocycles. The highest BCUT2D eigenvalue weighted by Gasteiger charge is 2.44. The van der Waals surface area contributed by atoms with Crippen LogP contribution in [0.2, 0.25) is 5.02 Å². The highest BCUT2D eigenvalue weighted by Crippen LogP contribution is 2.47. The molecule has 2 aromatic carbocycles. The molecular formula is C35H45ClN4O5S. The summed E-state index contributed by atoms with van der Waals surface area (Å²) < 4.78 is 33.4. The molecule has 9 nitrogen and oxygen atoms in total. The Labute approximate surface area is 278 Å². The van der Waals surface area contributed by atoms with Crippen molar-refractivity contribution >= 4 is 39.1 Å². The Morgan fingerprint density at radius 3 is 2.85 bits per heavy atom. The van der Waals surface area contributed by atoms with Gasteiger partial charge in [0, 0.05) is 49.8 Å². The molecular weight excluding hydrogens is 624 g/mol. The second-order valence-corrected chi connectivity index (χ2v) is 15.7. The molecule has 0 aromatic heterocycles. The van der Waals surface area contributed by atoms with E-state index >= 15 is 0 Å². The van der Waals surface area contributed by atoms with Crippen molar-refractivity contribution in [2.45, 2.75) is 63.4 Å². The molecule has 5 atom stereocenters. The van der Waals surface area contributed by atoms with Gasteiger partial charge in [0.2, 0.25) is 0 Å². The summed E-state index contributed by atoms with van der Waals surface area (Å²) in [6.07, 6.45) is 10.5. The molecule has 46 heavy (non-hydrogen) atoms. The first-order valence-corrected chi connectivity index (χ1v) is 18.5. The van der Waals surface area contributed by atoms with Crippen molar-refractivity contribution < 1.29 is 23.3 Å². The van der Waals surface area contributed by atoms with Crippen LogP contribution >= 0.6 is 11.6 Å². The predicted octanol–water partition coefficient (Wildman–Crippen LogP) is 6.39. The summed E-state index contributed by atoms with van der Waals surface area (Å²) in [6.45, 7) is 4.30. The molecule has 1 spiro atoms. The van der Waals surface area contributed by atoms with E-state index in [-0.39, 0.29) is 17.3 Å². The van der Waals surface area contributed by atoms with Crippen LogP contribution < -0.4 is 14.4 Å². The van der Waals surface area contributed by atoms with E-state index in [0.717, 1.165) is 55.9 Å². The number of amides is 3. The SMILES string of the molecule is CCN(C)C(=O)NS1(=O)=NC(=O)c2ccc3c(c2)N(C[C@@H]2CC[C@H]2[C@@H](OC)/C=C\CCC1)C[C@@]1(CCCc2cc(Cl)ccc21)CO3. The number of fused-ring (bicyclic) bond motifs is 4. The summed E-state index contributed by atoms with van der Waals surface area (Å²) in [6, 6.07) is 11.1. The zero-order valence-electron chi connectivity index (χ0n) is 27.0. The number of aryl methyl sites for hydroxylation is 1. The zero-order chi connectivity index (χ0) is 32.5. The molecule has 248 valence electrons. The van der Waals surface area contributed by atoms with Gasteiger partial charge in [-0.25, -0.2) is 9.00 Å². The van der Waals surface area contributed by atoms with Gasteiger partial charge in [-0.3, -0.25) is 9.52 Å². The fraction of sp³-hybridized carbons (Fsp3) is 0.543. The minimum atomic E-state index is -3.38. The van der Waals surface area contributed by atoms with Gasteiger partial charge in [0.25, 0.3) is 5.91 Å². The monoisotopic (exact) mass is 668 g/mol. The van der Waals surface area contributed by atoms with Gasteiger partial charge in [-0.05, 0) is 105 Å². The van der Waals surface area contributed by atoms with Crippen LogP contribution in [0.25, 0.3) is 0 Å². The summed E-state index contributed by atoms with van der Waals surface area (Å²) in [4.78, 5) is 30.3. The second kappa shape index (κ2) is 13.6. The molecule has 2 bridgehead atoms. The molecule has 2 aliphatic carbocycles. The Hall–Kier alpha value is -3.08. The number of methoxy groups -OCH3 is 1. The van der Waals surface area contributed by atoms with Gasteiger partial charge in [-0.1, -0.05) is 29.8 Å². The molecule has 6 rings (SSSR count). The fourth-order valence-corrected chi connectivity index (χ4v) is 9.27. The first-order chi connectivity index (χ1) is 22.1. The minimum Gasteiger partial charge on any atom is -0.490 e. The molecule has 3 amide bonds. The van der Waals surface area contributed by atoms with E-state index < -0.39 is 21.9 Å². The molecule has 0 radical (unpaired) electrons. The van der Waals surface area contributed by atoms with Crippen LogP contribution in [0.15, 0.2) is 52.9 Å². The van der Waals surface area contributed by atoms with Crippen molar-refractivity contribution in [2.75, 3.05) is 51.1 Å². The number of hydrogen-bond acceptors (Lipinski definition) is 6. The number of hydrogen-bond donors (Lipinski definition) is 1. The van der Waals surface area contributed by atoms with E-state index in [0.29, 0.717) is 49.1 Å². The number of urea groups is 1. The third-order valence-corrected chi connectivity index (χ3v) is 12.4. The number of halogens is 1. The maximum Gasteiger partial charge on any atom is 0.329 e. The number of nitrogens with zero attached hydrogens (tertiary/aromatic N) is 3. The van der Waals surface area contributed by atoms with Crippen molar-refractivity contribution in [3.63, 3.8) is 0 Å². The Balaban J connectivity index is 1.43. The molecule has 4 aliphatic rings. The van der Waals surface area contributed by atoms with E-state index in [1.807, 2.05) is 25.1 Å². The summed E-state index contributed by atoms with van der Waals surface area (Å²) >= 11 is 6.43. The Morgan fingerprint density at radius 2 is 2.09 bits per heavy atom. The van der Waals surface area contributed by atoms with Crippen LogP contribution in [0.5, 0.6) is 5.75 Å². The number of ether oxygens (including phenoxy) is 2. The average Bonchev–Trinajstić information content (AvgIpc) is 3.18. The quantitative estimate of drug-likeness (QED) is 0.381. The summed E-state index contributed by atoms with van der Waals surface area (Å²) in [5, 5.41) is 0.746. The zero-order valence-corrected chi connectivity index (χ0v) is 28.6. The topological polar surface area (TPSA) is 101 Å². The number of carbonyl (C=O) groups excluding carboxylic acids is 2. The number of allylic oxidation sites excluding steroid dienone is 1. The van der Waals surface area contributed by atoms with Crippen LogP contribution in [0.4, 0.5) is 10.5 Å². The number of benzene rings is 2. The molecule has 2 aromatic rings. The molecule has 2 heterocycles. The standard InChI is InChI=1S/C35H45ClN4O5S/c1-4-39(2)34(42)38-46(43)18-7-5-6-10-31(44-3)28-14-11-26(28)21-40-22-35(17-8-9-24-19-27(36)13-15-29(24)35)23-45-32-16-12-25(20-30(32)40)33(41)37-46/h6,10,12-13,15-16,19-20,26,28,31H,4-5,7-9,11,14,17-18,21-23H2,1-3H3,(H,37,38,41,42,43)/b10-6-/t26-,28+,31-,35-,46?/m0/s1. The van der Waals surface area contributed by atoms with Gasteiger partial charge < -0.3 is 19.3 Å². The predicted molar refractivity (Wildman–Crippen MR) is 182 cm³/mol. The van der Waals surface area contributed by atoms with Crippen molar-refractivity contribution in [1.82, 2.24) is 9.62 Å². The van der Waals surface area contributed by atoms with Gasteiger partial charge in [0.05, 0.1) is 24.2 Å². The Kier molecular flexibility index (Phi) is 9.69. The van der Waals surface area contributed by atoms with Crippen LogP contribution in [-0.4, -0.2) is 73.3 Å². The van der Waals surface area contributed by atoms with E-state index in [1.54, 1.807) is 20.2 Å². The minimum absolute atomic E-state index is 0.0271. The highest BCUT2D eigenvalue weighted by molar-refractivity contribution is 7.92. The van der Waals surface area contributed by atoms with Gasteiger partial charge in [0.1, 0.15) is 15.7 Å². The third-order valence-electron chi connectivity index (χ3n) is 10.3. The molecule has 2 aliphatic heterocycles. The molecule has 1 saturated carbocycles. The highest BCUT2D eigenvalue weighted by atomic mass is 35.5. The van der Waals surface area contributed by atoms with Gasteiger partial charge in [-0.2, -0.15) is 0 Å². The van der Waals surface area contributed by atoms with Crippen LogP contribution in [0.3, 0.4) is 0 Å². The van der Waals surface area contributed by atoms with Gasteiger partial charge >= 0.3 is 6.03 Å². The van der Waals surface area contributed by atoms with Crippen LogP contribution in [-0.2, 0) is 26.5 Å². The summed E-state index contributed by atoms with van der Waals surface area (Å²) in [5.74, 6) is 0.929. The maximum absolute atomic E-state index is 14.0. The Morgan fingerprint density at radius 1 is 1.24 bits per heavy atom. The second-order valence-electron chi connectivity index (χ2n) is 13.2. The van der Waals surface area contributed by atoms with E-state index in [4.69, 9.17) is 21.1 Å². The largest absolute Gasteiger partial charge is 0.490 e. The van der Waals surface area contributed by atoms with Crippen molar-refractivity contribution in [1.29, 1.82) is 0 Å². The van der Waals surface area contributed by atoms with Crippen molar-refractivity contribution in [2.24, 2.45) is 16.2 Å². The number of anilines is 1. The lowest BCUT2D eigenvalue weighted by Crippen LogP contribution is -2.49. The number of nitrogens with one attached hydrogen (secondary N) is 1. The molecule has 1 fully saturated rings. The third kappa shape index (κ3) is 6.66. The van der Waals surface area contributed by atoms with Crippen LogP contribution in [0, 0.1) is 11.8 Å². The fourth-order valence-electron chi connectivity index (χ4n) is 7.47. The Bertz CT molecular complexity index is 1640. The molecule has 1 unspecified atom stereocenters. The first-order valence-electron chi connectivity index (χ1n) is 16.5. The lowest BCUT2D eigenvalue weighted by Gasteiger charge is -2.46. The lowest BCUT2D eigenvalue weighted by molar-refractivity contribution is 0.0132. The summed E-state index contributed by atoms with van der Waals surface area (Å²) in [5.41, 5.74) is 3.47. The summed E-state index contributed by atoms with van der Waals surface area (Å²) in [7, 11) is -0.00563. The lowest BCUT2D eigenvalue weighted by atomic mass is 9.68. The van der Waals surface area contributed by atoms with Crippen LogP contribution in [0.1, 0.15) is 66.9 Å². The van der Waals surface area contributed by atoms with Crippen molar-refractivity contribution in [3.05, 3.63) is 70.3 Å². The van der Waals surface area contributed by atoms with Gasteiger partial charge in [0.15, 0.2) is 0 Å². The van der Waals surface area contributed by atoms with E-state index in [2.05, 4.69) is 38.3 Å². The van der Waals surface area contributed by atoms with E-state index in [1.165, 1.54) is 16.0 Å². The number of rotatable bonds is 3. The number of carbonyl (C=O) groups is 2. The van der Waals surface area contributed by atoms with Gasteiger partial charge in [-0.15, -0.1) is 4.36 Å². The normalized spacial score (nSPS) is 30.0.